The van der Waals surface area contributed by atoms with Crippen LogP contribution in [0.3, 0.4) is 0 Å². The number of halogens is 2. The van der Waals surface area contributed by atoms with Gasteiger partial charge in [-0.3, -0.25) is 9.36 Å². The molecular formula is C20H25F2N9O4. The Kier molecular flexibility index (Phi) is 5.85. The molecule has 2 fully saturated rings. The largest absolute Gasteiger partial charge is 0.387 e. The number of rotatable bonds is 8. The summed E-state index contributed by atoms with van der Waals surface area (Å²) in [5.41, 5.74) is 1.00. The van der Waals surface area contributed by atoms with Gasteiger partial charge in [-0.1, -0.05) is 5.21 Å². The third-order valence-electron chi connectivity index (χ3n) is 5.93. The van der Waals surface area contributed by atoms with Crippen molar-refractivity contribution in [1.82, 2.24) is 39.8 Å². The Balaban J connectivity index is 1.55. The third-order valence-corrected chi connectivity index (χ3v) is 5.93. The number of imidazole rings is 1. The Morgan fingerprint density at radius 2 is 2.06 bits per heavy atom. The number of amides is 1. The highest BCUT2D eigenvalue weighted by Gasteiger charge is 2.47. The van der Waals surface area contributed by atoms with Crippen LogP contribution in [-0.2, 0) is 16.0 Å². The summed E-state index contributed by atoms with van der Waals surface area (Å²) in [6, 6.07) is 0. The van der Waals surface area contributed by atoms with Gasteiger partial charge in [0.2, 0.25) is 0 Å². The van der Waals surface area contributed by atoms with Crippen molar-refractivity contribution in [2.75, 3.05) is 18.9 Å². The molecule has 1 aliphatic carbocycles. The van der Waals surface area contributed by atoms with E-state index in [4.69, 9.17) is 4.74 Å². The lowest BCUT2D eigenvalue weighted by molar-refractivity contribution is -0.137. The van der Waals surface area contributed by atoms with Gasteiger partial charge < -0.3 is 25.6 Å². The molecule has 5 rings (SSSR count). The number of alkyl halides is 2. The molecule has 1 aliphatic heterocycles. The molecule has 1 amide bonds. The maximum absolute atomic E-state index is 13.6. The van der Waals surface area contributed by atoms with E-state index in [1.807, 2.05) is 0 Å². The number of carbonyl (C=O) groups is 1. The second-order valence-corrected chi connectivity index (χ2v) is 8.96. The van der Waals surface area contributed by atoms with Crippen molar-refractivity contribution < 1.29 is 28.5 Å². The number of hydrogen-bond donors (Lipinski definition) is 4. The molecule has 4 heterocycles. The lowest BCUT2D eigenvalue weighted by atomic mass is 10.1. The van der Waals surface area contributed by atoms with Gasteiger partial charge in [0.05, 0.1) is 24.8 Å². The minimum Gasteiger partial charge on any atom is -0.387 e. The van der Waals surface area contributed by atoms with Crippen LogP contribution in [0.1, 0.15) is 31.7 Å². The first-order chi connectivity index (χ1) is 16.6. The van der Waals surface area contributed by atoms with Gasteiger partial charge in [0.15, 0.2) is 29.3 Å². The average molecular weight is 493 g/mol. The fraction of sp³-hybridized carbons (Fsp3) is 0.600. The summed E-state index contributed by atoms with van der Waals surface area (Å²) in [5.74, 6) is -3.01. The monoisotopic (exact) mass is 493 g/mol. The molecule has 3 aromatic rings. The number of aliphatic hydroxyl groups is 2. The van der Waals surface area contributed by atoms with E-state index in [1.54, 1.807) is 6.20 Å². The van der Waals surface area contributed by atoms with Gasteiger partial charge in [-0.15, -0.1) is 5.10 Å². The van der Waals surface area contributed by atoms with Crippen LogP contribution in [0.15, 0.2) is 12.5 Å². The number of nitrogens with zero attached hydrogens (tertiary/aromatic N) is 7. The molecule has 1 saturated heterocycles. The lowest BCUT2D eigenvalue weighted by Crippen LogP contribution is -2.41. The second kappa shape index (κ2) is 8.73. The number of hydrogen-bond acceptors (Lipinski definition) is 10. The fourth-order valence-electron chi connectivity index (χ4n) is 3.91. The number of ether oxygens (including phenoxy) is 1. The number of carbonyl (C=O) groups excluding carboxylic acids is 1. The van der Waals surface area contributed by atoms with Crippen LogP contribution in [0.5, 0.6) is 0 Å². The summed E-state index contributed by atoms with van der Waals surface area (Å²) < 4.78 is 35.4. The molecule has 0 spiro atoms. The van der Waals surface area contributed by atoms with E-state index in [0.29, 0.717) is 5.92 Å². The van der Waals surface area contributed by atoms with Crippen LogP contribution in [0.25, 0.3) is 17.1 Å². The normalized spacial score (nSPS) is 24.7. The predicted octanol–water partition coefficient (Wildman–Crippen LogP) is -0.208. The molecule has 2 aliphatic rings. The Morgan fingerprint density at radius 3 is 2.74 bits per heavy atom. The molecular weight excluding hydrogens is 468 g/mol. The zero-order valence-electron chi connectivity index (χ0n) is 19.0. The van der Waals surface area contributed by atoms with Crippen LogP contribution in [0, 0.1) is 5.92 Å². The number of fused-ring (bicyclic) bond motifs is 1. The molecule has 0 bridgehead atoms. The van der Waals surface area contributed by atoms with Gasteiger partial charge in [0, 0.05) is 14.0 Å². The van der Waals surface area contributed by atoms with Gasteiger partial charge in [-0.25, -0.2) is 13.8 Å². The van der Waals surface area contributed by atoms with E-state index in [2.05, 4.69) is 35.9 Å². The van der Waals surface area contributed by atoms with E-state index in [-0.39, 0.29) is 22.9 Å². The second-order valence-electron chi connectivity index (χ2n) is 8.96. The Morgan fingerprint density at radius 1 is 1.29 bits per heavy atom. The van der Waals surface area contributed by atoms with Gasteiger partial charge in [0.1, 0.15) is 12.2 Å². The van der Waals surface area contributed by atoms with Crippen molar-refractivity contribution in [3.63, 3.8) is 0 Å². The minimum atomic E-state index is -3.03. The van der Waals surface area contributed by atoms with Crippen LogP contribution >= 0.6 is 0 Å². The molecule has 0 aromatic carbocycles. The Hall–Kier alpha value is -3.30. The Labute approximate surface area is 197 Å². The predicted molar refractivity (Wildman–Crippen MR) is 116 cm³/mol. The summed E-state index contributed by atoms with van der Waals surface area (Å²) in [5, 5.41) is 34.1. The third kappa shape index (κ3) is 4.66. The van der Waals surface area contributed by atoms with Crippen LogP contribution < -0.4 is 10.6 Å². The standard InChI is InChI=1S/C20H25F2N9O4/c1-20(21,22)7-24-15-11-16(27-19(26-15)31-6-10(28-29-31)5-9-3-4-9)30(8-25-11)18-13(33)12(32)14(35-18)17(34)23-2/h6,8-9,12-14,18,32-33H,3-5,7H2,1-2H3,(H,23,34)(H,24,26,27)/t12-,13+,14?,18?/m0/s1. The number of anilines is 1. The van der Waals surface area contributed by atoms with Gasteiger partial charge in [-0.2, -0.15) is 14.6 Å². The Bertz CT molecular complexity index is 1240. The van der Waals surface area contributed by atoms with E-state index < -0.39 is 42.9 Å². The quantitative estimate of drug-likeness (QED) is 0.330. The van der Waals surface area contributed by atoms with Crippen molar-refractivity contribution in [2.45, 2.75) is 56.6 Å². The smallest absolute Gasteiger partial charge is 0.262 e. The number of likely N-dealkylation sites (N-methyl/N-ethyl adjacent to an activating group) is 1. The summed E-state index contributed by atoms with van der Waals surface area (Å²) >= 11 is 0. The molecule has 188 valence electrons. The molecule has 15 heteroatoms. The summed E-state index contributed by atoms with van der Waals surface area (Å²) in [6.07, 6.45) is 0.457. The van der Waals surface area contributed by atoms with Crippen molar-refractivity contribution in [2.24, 2.45) is 5.92 Å². The van der Waals surface area contributed by atoms with Crippen molar-refractivity contribution in [1.29, 1.82) is 0 Å². The first-order valence-corrected chi connectivity index (χ1v) is 11.2. The summed E-state index contributed by atoms with van der Waals surface area (Å²) in [7, 11) is 1.38. The van der Waals surface area contributed by atoms with Gasteiger partial charge >= 0.3 is 0 Å². The van der Waals surface area contributed by atoms with Crippen molar-refractivity contribution in [3.8, 4) is 5.95 Å². The first kappa shape index (κ1) is 23.4. The molecule has 2 unspecified atom stereocenters. The fourth-order valence-corrected chi connectivity index (χ4v) is 3.91. The zero-order chi connectivity index (χ0) is 24.9. The molecule has 1 saturated carbocycles. The van der Waals surface area contributed by atoms with Crippen molar-refractivity contribution in [3.05, 3.63) is 18.2 Å². The molecule has 3 aromatic heterocycles. The van der Waals surface area contributed by atoms with E-state index in [9.17, 15) is 23.8 Å². The first-order valence-electron chi connectivity index (χ1n) is 11.2. The summed E-state index contributed by atoms with van der Waals surface area (Å²) in [6.45, 7) is 0.0538. The lowest BCUT2D eigenvalue weighted by Gasteiger charge is -2.17. The molecule has 13 nitrogen and oxygen atoms in total. The topological polar surface area (TPSA) is 165 Å². The number of aliphatic hydroxyl groups excluding tert-OH is 2. The van der Waals surface area contributed by atoms with E-state index in [0.717, 1.165) is 31.9 Å². The van der Waals surface area contributed by atoms with Gasteiger partial charge in [-0.05, 0) is 25.2 Å². The van der Waals surface area contributed by atoms with Gasteiger partial charge in [0.25, 0.3) is 17.8 Å². The molecule has 0 radical (unpaired) electrons. The van der Waals surface area contributed by atoms with Crippen LogP contribution in [-0.4, -0.2) is 88.5 Å². The summed E-state index contributed by atoms with van der Waals surface area (Å²) in [4.78, 5) is 25.0. The SMILES string of the molecule is CNC(=O)C1OC(n2cnc3c(NCC(C)(F)F)nc(-n4cc(CC5CC5)nn4)nc32)[C@H](O)[C@@H]1O. The van der Waals surface area contributed by atoms with E-state index in [1.165, 1.54) is 22.6 Å². The van der Waals surface area contributed by atoms with Crippen LogP contribution in [0.4, 0.5) is 14.6 Å². The van der Waals surface area contributed by atoms with E-state index >= 15 is 0 Å². The highest BCUT2D eigenvalue weighted by Crippen LogP contribution is 2.34. The number of nitrogens with one attached hydrogen (secondary N) is 2. The zero-order valence-corrected chi connectivity index (χ0v) is 19.0. The molecule has 4 atom stereocenters. The maximum Gasteiger partial charge on any atom is 0.262 e. The highest BCUT2D eigenvalue weighted by atomic mass is 19.3. The van der Waals surface area contributed by atoms with Crippen LogP contribution in [0.2, 0.25) is 0 Å². The molecule has 4 N–H and O–H groups in total. The maximum atomic E-state index is 13.6. The van der Waals surface area contributed by atoms with Crippen molar-refractivity contribution >= 4 is 22.9 Å². The average Bonchev–Trinajstić information content (AvgIpc) is 3.21. The number of aromatic nitrogens is 7. The molecule has 35 heavy (non-hydrogen) atoms. The highest BCUT2D eigenvalue weighted by molar-refractivity contribution is 5.84. The minimum absolute atomic E-state index is 0.0143.